The smallest absolute Gasteiger partial charge is 0.256 e. The molecule has 0 bridgehead atoms. The second-order valence-electron chi connectivity index (χ2n) is 7.39. The van der Waals surface area contributed by atoms with Gasteiger partial charge in [0.15, 0.2) is 0 Å². The summed E-state index contributed by atoms with van der Waals surface area (Å²) in [6, 6.07) is 9.64. The van der Waals surface area contributed by atoms with Gasteiger partial charge in [-0.15, -0.1) is 0 Å². The van der Waals surface area contributed by atoms with E-state index in [-0.39, 0.29) is 5.91 Å². The molecule has 1 atom stereocenters. The maximum atomic E-state index is 12.8. The number of carbonyl (C=O) groups excluding carboxylic acids is 1. The fourth-order valence-corrected chi connectivity index (χ4v) is 3.46. The molecule has 0 spiro atoms. The summed E-state index contributed by atoms with van der Waals surface area (Å²) in [6.07, 6.45) is 5.16. The summed E-state index contributed by atoms with van der Waals surface area (Å²) in [4.78, 5) is 25.1. The minimum atomic E-state index is -0.738. The first-order valence-electron chi connectivity index (χ1n) is 9.26. The molecule has 27 heavy (non-hydrogen) atoms. The maximum absolute atomic E-state index is 12.8. The van der Waals surface area contributed by atoms with Gasteiger partial charge in [0.2, 0.25) is 5.95 Å². The van der Waals surface area contributed by atoms with Crippen molar-refractivity contribution >= 4 is 17.5 Å². The molecule has 2 heterocycles. The van der Waals surface area contributed by atoms with Gasteiger partial charge in [0, 0.05) is 37.7 Å². The third-order valence-corrected chi connectivity index (χ3v) is 4.74. The van der Waals surface area contributed by atoms with E-state index in [2.05, 4.69) is 15.3 Å². The predicted molar refractivity (Wildman–Crippen MR) is 105 cm³/mol. The van der Waals surface area contributed by atoms with Crippen LogP contribution in [-0.2, 0) is 0 Å². The van der Waals surface area contributed by atoms with Crippen LogP contribution in [0.15, 0.2) is 42.7 Å². The number of carbonyl (C=O) groups is 1. The molecule has 1 amide bonds. The van der Waals surface area contributed by atoms with E-state index in [0.29, 0.717) is 44.0 Å². The van der Waals surface area contributed by atoms with Crippen molar-refractivity contribution in [1.82, 2.24) is 19.8 Å². The quantitative estimate of drug-likeness (QED) is 0.840. The zero-order valence-corrected chi connectivity index (χ0v) is 15.9. The number of aliphatic hydroxyl groups is 1. The average Bonchev–Trinajstić information content (AvgIpc) is 2.84. The van der Waals surface area contributed by atoms with Crippen molar-refractivity contribution in [1.29, 1.82) is 0 Å². The molecule has 2 N–H and O–H groups in total. The number of hydrogen-bond acceptors (Lipinski definition) is 6. The minimum absolute atomic E-state index is 0.0876. The van der Waals surface area contributed by atoms with E-state index < -0.39 is 5.60 Å². The molecule has 1 fully saturated rings. The van der Waals surface area contributed by atoms with E-state index in [0.717, 1.165) is 12.1 Å². The standard InChI is InChI=1S/C20H27N5O2/c1-24(2)15-20(27)9-6-11-25(12-10-20)18(26)16-13-21-19(22-14-16)23-17-7-4-3-5-8-17/h3-5,7-8,13-14,27H,6,9-12,15H2,1-2H3,(H,21,22,23)/t20-/m0/s1. The number of anilines is 2. The Morgan fingerprint density at radius 1 is 1.19 bits per heavy atom. The fraction of sp³-hybridized carbons (Fsp3) is 0.450. The van der Waals surface area contributed by atoms with Gasteiger partial charge >= 0.3 is 0 Å². The van der Waals surface area contributed by atoms with E-state index in [1.165, 1.54) is 0 Å². The average molecular weight is 369 g/mol. The largest absolute Gasteiger partial charge is 0.388 e. The zero-order chi connectivity index (χ0) is 19.3. The van der Waals surface area contributed by atoms with Gasteiger partial charge in [-0.3, -0.25) is 4.79 Å². The third-order valence-electron chi connectivity index (χ3n) is 4.74. The van der Waals surface area contributed by atoms with Crippen LogP contribution in [-0.4, -0.2) is 70.1 Å². The number of hydrogen-bond donors (Lipinski definition) is 2. The van der Waals surface area contributed by atoms with Crippen LogP contribution in [0.5, 0.6) is 0 Å². The molecule has 0 unspecified atom stereocenters. The number of benzene rings is 1. The molecule has 2 aromatic rings. The molecule has 7 nitrogen and oxygen atoms in total. The molecule has 144 valence electrons. The van der Waals surface area contributed by atoms with Crippen molar-refractivity contribution in [2.45, 2.75) is 24.9 Å². The van der Waals surface area contributed by atoms with Gasteiger partial charge in [-0.2, -0.15) is 0 Å². The molecule has 3 rings (SSSR count). The summed E-state index contributed by atoms with van der Waals surface area (Å²) in [7, 11) is 3.91. The monoisotopic (exact) mass is 369 g/mol. The zero-order valence-electron chi connectivity index (χ0n) is 15.9. The number of aromatic nitrogens is 2. The SMILES string of the molecule is CN(C)C[C@]1(O)CCCN(C(=O)c2cnc(Nc3ccccc3)nc2)CC1. The van der Waals surface area contributed by atoms with Gasteiger partial charge in [0.1, 0.15) is 0 Å². The van der Waals surface area contributed by atoms with Gasteiger partial charge in [0.05, 0.1) is 11.2 Å². The first-order valence-corrected chi connectivity index (χ1v) is 9.26. The van der Waals surface area contributed by atoms with E-state index in [1.54, 1.807) is 17.3 Å². The lowest BCUT2D eigenvalue weighted by atomic mass is 9.94. The van der Waals surface area contributed by atoms with Crippen molar-refractivity contribution in [3.63, 3.8) is 0 Å². The molecule has 1 aromatic heterocycles. The van der Waals surface area contributed by atoms with Crippen LogP contribution < -0.4 is 5.32 Å². The molecule has 0 saturated carbocycles. The minimum Gasteiger partial charge on any atom is -0.388 e. The topological polar surface area (TPSA) is 81.6 Å². The Balaban J connectivity index is 1.62. The summed E-state index contributed by atoms with van der Waals surface area (Å²) in [5.74, 6) is 0.365. The molecule has 1 saturated heterocycles. The third kappa shape index (κ3) is 5.24. The number of amides is 1. The second kappa shape index (κ2) is 8.45. The first-order chi connectivity index (χ1) is 13.0. The van der Waals surface area contributed by atoms with Crippen LogP contribution in [0.2, 0.25) is 0 Å². The Kier molecular flexibility index (Phi) is 6.03. The van der Waals surface area contributed by atoms with Crippen molar-refractivity contribution in [3.05, 3.63) is 48.3 Å². The summed E-state index contributed by atoms with van der Waals surface area (Å²) < 4.78 is 0. The Labute approximate surface area is 160 Å². The Morgan fingerprint density at radius 3 is 2.56 bits per heavy atom. The number of likely N-dealkylation sites (N-methyl/N-ethyl adjacent to an activating group) is 1. The highest BCUT2D eigenvalue weighted by Crippen LogP contribution is 2.24. The van der Waals surface area contributed by atoms with Crippen LogP contribution in [0.4, 0.5) is 11.6 Å². The van der Waals surface area contributed by atoms with Crippen LogP contribution in [0, 0.1) is 0 Å². The normalized spacial score (nSPS) is 20.4. The lowest BCUT2D eigenvalue weighted by molar-refractivity contribution is 0.00305. The van der Waals surface area contributed by atoms with Crippen molar-refractivity contribution in [2.24, 2.45) is 0 Å². The predicted octanol–water partition coefficient (Wildman–Crippen LogP) is 2.14. The molecule has 0 radical (unpaired) electrons. The Bertz CT molecular complexity index is 751. The van der Waals surface area contributed by atoms with E-state index in [1.807, 2.05) is 49.3 Å². The summed E-state index contributed by atoms with van der Waals surface area (Å²) in [5.41, 5.74) is 0.620. The van der Waals surface area contributed by atoms with Crippen LogP contribution >= 0.6 is 0 Å². The summed E-state index contributed by atoms with van der Waals surface area (Å²) >= 11 is 0. The molecular formula is C20H27N5O2. The maximum Gasteiger partial charge on any atom is 0.256 e. The van der Waals surface area contributed by atoms with E-state index >= 15 is 0 Å². The number of nitrogens with zero attached hydrogens (tertiary/aromatic N) is 4. The number of rotatable bonds is 5. The highest BCUT2D eigenvalue weighted by Gasteiger charge is 2.32. The number of nitrogens with one attached hydrogen (secondary N) is 1. The van der Waals surface area contributed by atoms with Gasteiger partial charge in [-0.05, 0) is 45.5 Å². The number of likely N-dealkylation sites (tertiary alicyclic amines) is 1. The van der Waals surface area contributed by atoms with Crippen LogP contribution in [0.25, 0.3) is 0 Å². The molecule has 1 aliphatic rings. The molecule has 1 aliphatic heterocycles. The van der Waals surface area contributed by atoms with Crippen molar-refractivity contribution in [3.8, 4) is 0 Å². The molecule has 1 aromatic carbocycles. The van der Waals surface area contributed by atoms with Gasteiger partial charge < -0.3 is 20.2 Å². The van der Waals surface area contributed by atoms with E-state index in [9.17, 15) is 9.90 Å². The highest BCUT2D eigenvalue weighted by molar-refractivity contribution is 5.93. The summed E-state index contributed by atoms with van der Waals surface area (Å²) in [5, 5.41) is 13.9. The Morgan fingerprint density at radius 2 is 1.89 bits per heavy atom. The molecule has 7 heteroatoms. The first kappa shape index (κ1) is 19.3. The summed E-state index contributed by atoms with van der Waals surface area (Å²) in [6.45, 7) is 1.78. The van der Waals surface area contributed by atoms with Crippen LogP contribution in [0.1, 0.15) is 29.6 Å². The fourth-order valence-electron chi connectivity index (χ4n) is 3.46. The van der Waals surface area contributed by atoms with Crippen molar-refractivity contribution in [2.75, 3.05) is 39.0 Å². The van der Waals surface area contributed by atoms with Crippen LogP contribution in [0.3, 0.4) is 0 Å². The van der Waals surface area contributed by atoms with Gasteiger partial charge in [-0.25, -0.2) is 9.97 Å². The highest BCUT2D eigenvalue weighted by atomic mass is 16.3. The van der Waals surface area contributed by atoms with E-state index in [4.69, 9.17) is 0 Å². The number of para-hydroxylation sites is 1. The van der Waals surface area contributed by atoms with Crippen molar-refractivity contribution < 1.29 is 9.90 Å². The Hall–Kier alpha value is -2.51. The molecule has 0 aliphatic carbocycles. The van der Waals surface area contributed by atoms with Gasteiger partial charge in [0.25, 0.3) is 5.91 Å². The van der Waals surface area contributed by atoms with Gasteiger partial charge in [-0.1, -0.05) is 18.2 Å². The second-order valence-corrected chi connectivity index (χ2v) is 7.39. The lowest BCUT2D eigenvalue weighted by Gasteiger charge is -2.29. The molecular weight excluding hydrogens is 342 g/mol. The lowest BCUT2D eigenvalue weighted by Crippen LogP contribution is -2.41.